The Morgan fingerprint density at radius 2 is 0.981 bits per heavy atom. The fourth-order valence-corrected chi connectivity index (χ4v) is 7.10. The van der Waals surface area contributed by atoms with E-state index in [0.717, 1.165) is 57.0 Å². The van der Waals surface area contributed by atoms with Crippen molar-refractivity contribution in [3.8, 4) is 34.1 Å². The third kappa shape index (κ3) is 6.87. The summed E-state index contributed by atoms with van der Waals surface area (Å²) in [6, 6.07) is 45.1. The predicted octanol–water partition coefficient (Wildman–Crippen LogP) is 10.7. The van der Waals surface area contributed by atoms with E-state index < -0.39 is 17.4 Å². The molecular weight excluding hydrogens is 661 g/mol. The molecule has 0 amide bonds. The molecule has 0 fully saturated rings. The summed E-state index contributed by atoms with van der Waals surface area (Å²) >= 11 is 0. The molecule has 0 saturated carbocycles. The number of hydrogen-bond donors (Lipinski definition) is 0. The van der Waals surface area contributed by atoms with Gasteiger partial charge in [-0.15, -0.1) is 0 Å². The minimum Gasteiger partial charge on any atom is -0.458 e. The topological polar surface area (TPSA) is 71.1 Å². The average Bonchev–Trinajstić information content (AvgIpc) is 3.49. The van der Waals surface area contributed by atoms with Crippen LogP contribution in [0.2, 0.25) is 0 Å². The maximum absolute atomic E-state index is 11.6. The molecule has 0 atom stereocenters. The molecular formula is C47H38O6. The van der Waals surface area contributed by atoms with Gasteiger partial charge in [0.05, 0.1) is 5.41 Å². The van der Waals surface area contributed by atoms with Crippen LogP contribution in [0.1, 0.15) is 44.5 Å². The molecule has 0 aliphatic heterocycles. The number of fused-ring (bicyclic) bond motifs is 3. The molecule has 0 spiro atoms. The van der Waals surface area contributed by atoms with Gasteiger partial charge in [0.2, 0.25) is 0 Å². The van der Waals surface area contributed by atoms with E-state index in [-0.39, 0.29) is 13.2 Å². The number of carbonyl (C=O) groups is 2. The number of aryl methyl sites for hydroxylation is 2. The van der Waals surface area contributed by atoms with Gasteiger partial charge in [0.15, 0.2) is 0 Å². The Labute approximate surface area is 309 Å². The second kappa shape index (κ2) is 14.9. The quantitative estimate of drug-likeness (QED) is 0.0934. The van der Waals surface area contributed by atoms with E-state index in [1.165, 1.54) is 22.3 Å². The van der Waals surface area contributed by atoms with Gasteiger partial charge >= 0.3 is 11.9 Å². The van der Waals surface area contributed by atoms with Gasteiger partial charge in [0.1, 0.15) is 36.2 Å². The molecule has 6 aromatic carbocycles. The lowest BCUT2D eigenvalue weighted by Gasteiger charge is -2.34. The van der Waals surface area contributed by atoms with Crippen LogP contribution in [0.15, 0.2) is 159 Å². The molecule has 0 bridgehead atoms. The number of ether oxygens (including phenoxy) is 4. The van der Waals surface area contributed by atoms with Crippen molar-refractivity contribution in [1.29, 1.82) is 0 Å². The summed E-state index contributed by atoms with van der Waals surface area (Å²) in [4.78, 5) is 23.2. The van der Waals surface area contributed by atoms with Crippen molar-refractivity contribution in [2.24, 2.45) is 0 Å². The van der Waals surface area contributed by atoms with E-state index in [0.29, 0.717) is 11.5 Å². The molecule has 7 rings (SSSR count). The van der Waals surface area contributed by atoms with E-state index >= 15 is 0 Å². The standard InChI is InChI=1S/C47H38O6/c1-5-45(48)50-29-33-13-11-15-37(27-33)52-43-23-21-35(25-31(43)3)47(41-19-9-7-17-39(41)40-18-8-10-20-42(40)47)36-22-24-44(32(4)26-36)53-38-16-12-14-34(28-38)30-51-46(49)6-2/h5-28H,1-2,29-30H2,3-4H3. The van der Waals surface area contributed by atoms with Crippen molar-refractivity contribution < 1.29 is 28.5 Å². The Hall–Kier alpha value is -6.66. The largest absolute Gasteiger partial charge is 0.458 e. The molecule has 0 N–H and O–H groups in total. The molecule has 1 aliphatic rings. The second-order valence-corrected chi connectivity index (χ2v) is 12.9. The van der Waals surface area contributed by atoms with Gasteiger partial charge in [0, 0.05) is 12.2 Å². The Balaban J connectivity index is 1.26. The zero-order valence-electron chi connectivity index (χ0n) is 29.6. The van der Waals surface area contributed by atoms with Crippen molar-refractivity contribution in [1.82, 2.24) is 0 Å². The van der Waals surface area contributed by atoms with E-state index in [9.17, 15) is 9.59 Å². The van der Waals surface area contributed by atoms with Gasteiger partial charge in [-0.3, -0.25) is 0 Å². The fraction of sp³-hybridized carbons (Fsp3) is 0.106. The molecule has 6 heteroatoms. The highest BCUT2D eigenvalue weighted by Gasteiger charge is 2.46. The highest BCUT2D eigenvalue weighted by molar-refractivity contribution is 5.86. The van der Waals surface area contributed by atoms with Crippen LogP contribution < -0.4 is 9.47 Å². The molecule has 0 heterocycles. The number of rotatable bonds is 12. The van der Waals surface area contributed by atoms with Crippen molar-refractivity contribution in [2.45, 2.75) is 32.5 Å². The van der Waals surface area contributed by atoms with Gasteiger partial charge in [-0.25, -0.2) is 9.59 Å². The van der Waals surface area contributed by atoms with E-state index in [2.05, 4.69) is 99.8 Å². The SMILES string of the molecule is C=CC(=O)OCc1cccc(Oc2ccc(C3(c4ccc(Oc5cccc(COC(=O)C=C)c5)c(C)c4)c4ccccc4-c4ccccc43)cc2C)c1. The van der Waals surface area contributed by atoms with Crippen LogP contribution in [0.5, 0.6) is 23.0 Å². The normalized spacial score (nSPS) is 12.2. The van der Waals surface area contributed by atoms with Gasteiger partial charge in [-0.05, 0) is 106 Å². The van der Waals surface area contributed by atoms with Crippen molar-refractivity contribution in [2.75, 3.05) is 0 Å². The first kappa shape index (κ1) is 34.8. The summed E-state index contributed by atoms with van der Waals surface area (Å²) < 4.78 is 23.3. The van der Waals surface area contributed by atoms with E-state index in [4.69, 9.17) is 18.9 Å². The third-order valence-electron chi connectivity index (χ3n) is 9.52. The summed E-state index contributed by atoms with van der Waals surface area (Å²) in [5, 5.41) is 0. The van der Waals surface area contributed by atoms with Crippen molar-refractivity contribution >= 4 is 11.9 Å². The Kier molecular flexibility index (Phi) is 9.78. The summed E-state index contributed by atoms with van der Waals surface area (Å²) in [7, 11) is 0. The Morgan fingerprint density at radius 1 is 0.547 bits per heavy atom. The van der Waals surface area contributed by atoms with E-state index in [1.807, 2.05) is 60.7 Å². The summed E-state index contributed by atoms with van der Waals surface area (Å²) in [5.74, 6) is 1.80. The lowest BCUT2D eigenvalue weighted by molar-refractivity contribution is -0.139. The monoisotopic (exact) mass is 698 g/mol. The molecule has 53 heavy (non-hydrogen) atoms. The van der Waals surface area contributed by atoms with Crippen LogP contribution in [0, 0.1) is 13.8 Å². The molecule has 0 radical (unpaired) electrons. The minimum atomic E-state index is -0.621. The molecule has 6 aromatic rings. The Bertz CT molecular complexity index is 2200. The Morgan fingerprint density at radius 3 is 1.40 bits per heavy atom. The van der Waals surface area contributed by atoms with Gasteiger partial charge in [-0.2, -0.15) is 0 Å². The number of esters is 2. The minimum absolute atomic E-state index is 0.129. The third-order valence-corrected chi connectivity index (χ3v) is 9.52. The first-order chi connectivity index (χ1) is 25.8. The van der Waals surface area contributed by atoms with Crippen LogP contribution in [0.3, 0.4) is 0 Å². The molecule has 0 unspecified atom stereocenters. The first-order valence-electron chi connectivity index (χ1n) is 17.3. The molecule has 0 saturated heterocycles. The highest BCUT2D eigenvalue weighted by Crippen LogP contribution is 2.56. The van der Waals surface area contributed by atoms with Crippen LogP contribution in [-0.4, -0.2) is 11.9 Å². The zero-order chi connectivity index (χ0) is 37.0. The molecule has 0 aromatic heterocycles. The predicted molar refractivity (Wildman–Crippen MR) is 206 cm³/mol. The fourth-order valence-electron chi connectivity index (χ4n) is 7.10. The lowest BCUT2D eigenvalue weighted by atomic mass is 9.67. The van der Waals surface area contributed by atoms with Crippen molar-refractivity contribution in [3.05, 3.63) is 203 Å². The van der Waals surface area contributed by atoms with Gasteiger partial charge in [-0.1, -0.05) is 110 Å². The van der Waals surface area contributed by atoms with Gasteiger partial charge in [0.25, 0.3) is 0 Å². The van der Waals surface area contributed by atoms with Crippen LogP contribution in [0.4, 0.5) is 0 Å². The smallest absolute Gasteiger partial charge is 0.330 e. The van der Waals surface area contributed by atoms with Crippen molar-refractivity contribution in [3.63, 3.8) is 0 Å². The summed E-state index contributed by atoms with van der Waals surface area (Å²) in [6.45, 7) is 11.3. The molecule has 262 valence electrons. The zero-order valence-corrected chi connectivity index (χ0v) is 29.6. The van der Waals surface area contributed by atoms with Gasteiger partial charge < -0.3 is 18.9 Å². The maximum atomic E-state index is 11.6. The number of carbonyl (C=O) groups excluding carboxylic acids is 2. The maximum Gasteiger partial charge on any atom is 0.330 e. The molecule has 6 nitrogen and oxygen atoms in total. The highest BCUT2D eigenvalue weighted by atomic mass is 16.5. The second-order valence-electron chi connectivity index (χ2n) is 12.9. The van der Waals surface area contributed by atoms with Crippen LogP contribution in [-0.2, 0) is 37.7 Å². The summed E-state index contributed by atoms with van der Waals surface area (Å²) in [6.07, 6.45) is 2.30. The number of hydrogen-bond acceptors (Lipinski definition) is 6. The lowest BCUT2D eigenvalue weighted by Crippen LogP contribution is -2.28. The van der Waals surface area contributed by atoms with E-state index in [1.54, 1.807) is 0 Å². The first-order valence-corrected chi connectivity index (χ1v) is 17.3. The molecule has 1 aliphatic carbocycles. The average molecular weight is 699 g/mol. The summed E-state index contributed by atoms with van der Waals surface area (Å²) in [5.41, 5.74) is 9.97. The number of benzene rings is 6. The van der Waals surface area contributed by atoms with Crippen LogP contribution in [0.25, 0.3) is 11.1 Å². The van der Waals surface area contributed by atoms with Crippen LogP contribution >= 0.6 is 0 Å².